The van der Waals surface area contributed by atoms with Crippen LogP contribution in [-0.2, 0) is 5.75 Å². The van der Waals surface area contributed by atoms with Crippen molar-refractivity contribution in [2.24, 2.45) is 0 Å². The Kier molecular flexibility index (Phi) is 3.73. The molecule has 2 N–H and O–H groups in total. The Morgan fingerprint density at radius 1 is 1.36 bits per heavy atom. The van der Waals surface area contributed by atoms with Gasteiger partial charge in [0, 0.05) is 21.2 Å². The average Bonchev–Trinajstić information content (AvgIpc) is 2.00. The van der Waals surface area contributed by atoms with Crippen LogP contribution in [0.15, 0.2) is 18.2 Å². The maximum Gasteiger partial charge on any atom is 0.0426 e. The first-order valence-electron chi connectivity index (χ1n) is 4.56. The number of hydrogen-bond acceptors (Lipinski definition) is 2. The maximum absolute atomic E-state index is 5.85. The number of benzene rings is 1. The molecule has 0 fully saturated rings. The highest BCUT2D eigenvalue weighted by molar-refractivity contribution is 7.99. The fourth-order valence-electron chi connectivity index (χ4n) is 0.991. The molecule has 0 aromatic heterocycles. The zero-order chi connectivity index (χ0) is 10.8. The van der Waals surface area contributed by atoms with Gasteiger partial charge in [0.1, 0.15) is 0 Å². The molecule has 0 amide bonds. The normalized spacial score (nSPS) is 11.7. The van der Waals surface area contributed by atoms with E-state index in [2.05, 4.69) is 20.8 Å². The van der Waals surface area contributed by atoms with E-state index in [4.69, 9.17) is 17.3 Å². The van der Waals surface area contributed by atoms with Crippen LogP contribution in [0.25, 0.3) is 0 Å². The van der Waals surface area contributed by atoms with Crippen molar-refractivity contribution in [2.75, 3.05) is 5.73 Å². The molecule has 0 saturated heterocycles. The Morgan fingerprint density at radius 2 is 2.00 bits per heavy atom. The first-order chi connectivity index (χ1) is 6.38. The van der Waals surface area contributed by atoms with Gasteiger partial charge < -0.3 is 5.73 Å². The van der Waals surface area contributed by atoms with Crippen molar-refractivity contribution in [3.05, 3.63) is 28.8 Å². The van der Waals surface area contributed by atoms with E-state index < -0.39 is 0 Å². The van der Waals surface area contributed by atoms with E-state index in [1.54, 1.807) is 6.07 Å². The molecule has 1 rings (SSSR count). The largest absolute Gasteiger partial charge is 0.398 e. The number of anilines is 1. The van der Waals surface area contributed by atoms with Crippen molar-refractivity contribution in [3.8, 4) is 0 Å². The van der Waals surface area contributed by atoms with Crippen LogP contribution in [0.3, 0.4) is 0 Å². The minimum atomic E-state index is 0.270. The number of nitrogens with two attached hydrogens (primary N) is 1. The van der Waals surface area contributed by atoms with E-state index >= 15 is 0 Å². The van der Waals surface area contributed by atoms with Crippen LogP contribution < -0.4 is 5.73 Å². The van der Waals surface area contributed by atoms with Gasteiger partial charge >= 0.3 is 0 Å². The van der Waals surface area contributed by atoms with Crippen molar-refractivity contribution in [1.29, 1.82) is 0 Å². The van der Waals surface area contributed by atoms with Gasteiger partial charge in [-0.3, -0.25) is 0 Å². The monoisotopic (exact) mass is 229 g/mol. The van der Waals surface area contributed by atoms with Crippen LogP contribution in [0, 0.1) is 0 Å². The summed E-state index contributed by atoms with van der Waals surface area (Å²) in [4.78, 5) is 0. The Hall–Kier alpha value is -0.340. The smallest absolute Gasteiger partial charge is 0.0426 e. The maximum atomic E-state index is 5.85. The van der Waals surface area contributed by atoms with Crippen LogP contribution in [0.4, 0.5) is 5.69 Å². The van der Waals surface area contributed by atoms with E-state index in [1.165, 1.54) is 0 Å². The number of thioether (sulfide) groups is 1. The van der Waals surface area contributed by atoms with Crippen molar-refractivity contribution >= 4 is 29.1 Å². The van der Waals surface area contributed by atoms with Gasteiger partial charge in [-0.25, -0.2) is 0 Å². The molecule has 0 unspecified atom stereocenters. The number of nitrogen functional groups attached to an aromatic ring is 1. The Labute approximate surface area is 95.0 Å². The molecule has 1 aromatic rings. The van der Waals surface area contributed by atoms with E-state index in [9.17, 15) is 0 Å². The molecule has 0 radical (unpaired) electrons. The van der Waals surface area contributed by atoms with Gasteiger partial charge in [-0.05, 0) is 17.7 Å². The van der Waals surface area contributed by atoms with E-state index in [0.717, 1.165) is 17.0 Å². The number of halogens is 1. The minimum absolute atomic E-state index is 0.270. The topological polar surface area (TPSA) is 26.0 Å². The highest BCUT2D eigenvalue weighted by Crippen LogP contribution is 2.30. The highest BCUT2D eigenvalue weighted by atomic mass is 35.5. The first kappa shape index (κ1) is 11.7. The predicted octanol–water partition coefficient (Wildman–Crippen LogP) is 3.95. The number of rotatable bonds is 2. The molecule has 14 heavy (non-hydrogen) atoms. The predicted molar refractivity (Wildman–Crippen MR) is 66.9 cm³/mol. The second-order valence-corrected chi connectivity index (χ2v) is 6.48. The summed E-state index contributed by atoms with van der Waals surface area (Å²) in [5, 5.41) is 0.701. The summed E-state index contributed by atoms with van der Waals surface area (Å²) in [5.74, 6) is 0.937. The summed E-state index contributed by atoms with van der Waals surface area (Å²) in [6, 6.07) is 5.69. The van der Waals surface area contributed by atoms with Crippen LogP contribution in [0.1, 0.15) is 26.3 Å². The Bertz CT molecular complexity index is 318. The Morgan fingerprint density at radius 3 is 2.50 bits per heavy atom. The summed E-state index contributed by atoms with van der Waals surface area (Å²) < 4.78 is 0.270. The van der Waals surface area contributed by atoms with E-state index in [-0.39, 0.29) is 4.75 Å². The third-order valence-corrected chi connectivity index (χ3v) is 3.33. The second kappa shape index (κ2) is 4.45. The summed E-state index contributed by atoms with van der Waals surface area (Å²) in [6.07, 6.45) is 0. The van der Waals surface area contributed by atoms with Crippen LogP contribution in [0.2, 0.25) is 5.02 Å². The van der Waals surface area contributed by atoms with E-state index in [0.29, 0.717) is 5.02 Å². The van der Waals surface area contributed by atoms with Gasteiger partial charge in [0.15, 0.2) is 0 Å². The molecule has 0 aliphatic heterocycles. The molecule has 0 saturated carbocycles. The Balaban J connectivity index is 2.68. The zero-order valence-electron chi connectivity index (χ0n) is 8.80. The van der Waals surface area contributed by atoms with Gasteiger partial charge in [-0.2, -0.15) is 11.8 Å². The summed E-state index contributed by atoms with van der Waals surface area (Å²) in [6.45, 7) is 6.59. The van der Waals surface area contributed by atoms with E-state index in [1.807, 2.05) is 23.9 Å². The first-order valence-corrected chi connectivity index (χ1v) is 5.93. The molecule has 0 atom stereocenters. The SMILES string of the molecule is CC(C)(C)SCc1ccc(Cl)cc1N. The van der Waals surface area contributed by atoms with Crippen LogP contribution in [0.5, 0.6) is 0 Å². The van der Waals surface area contributed by atoms with Gasteiger partial charge in [0.05, 0.1) is 0 Å². The molecule has 3 heteroatoms. The quantitative estimate of drug-likeness (QED) is 0.778. The van der Waals surface area contributed by atoms with Crippen molar-refractivity contribution in [2.45, 2.75) is 31.3 Å². The lowest BCUT2D eigenvalue weighted by molar-refractivity contribution is 0.802. The summed E-state index contributed by atoms with van der Waals surface area (Å²) in [5.41, 5.74) is 7.80. The molecule has 1 aromatic carbocycles. The standard InChI is InChI=1S/C11H16ClNS/c1-11(2,3)14-7-8-4-5-9(12)6-10(8)13/h4-6H,7,13H2,1-3H3. The minimum Gasteiger partial charge on any atom is -0.398 e. The fraction of sp³-hybridized carbons (Fsp3) is 0.455. The molecular weight excluding hydrogens is 214 g/mol. The molecular formula is C11H16ClNS. The van der Waals surface area contributed by atoms with Crippen molar-refractivity contribution in [1.82, 2.24) is 0 Å². The molecule has 0 heterocycles. The molecule has 78 valence electrons. The van der Waals surface area contributed by atoms with Gasteiger partial charge in [-0.1, -0.05) is 38.4 Å². The highest BCUT2D eigenvalue weighted by Gasteiger charge is 2.11. The lowest BCUT2D eigenvalue weighted by Crippen LogP contribution is -2.08. The molecule has 1 nitrogen and oxygen atoms in total. The second-order valence-electron chi connectivity index (χ2n) is 4.24. The lowest BCUT2D eigenvalue weighted by Gasteiger charge is -2.18. The fourth-order valence-corrected chi connectivity index (χ4v) is 2.02. The van der Waals surface area contributed by atoms with Gasteiger partial charge in [-0.15, -0.1) is 0 Å². The summed E-state index contributed by atoms with van der Waals surface area (Å²) in [7, 11) is 0. The summed E-state index contributed by atoms with van der Waals surface area (Å²) >= 11 is 7.70. The zero-order valence-corrected chi connectivity index (χ0v) is 10.4. The lowest BCUT2D eigenvalue weighted by atomic mass is 10.2. The molecule has 0 bridgehead atoms. The molecule has 0 aliphatic carbocycles. The van der Waals surface area contributed by atoms with Gasteiger partial charge in [0.25, 0.3) is 0 Å². The average molecular weight is 230 g/mol. The molecule has 0 aliphatic rings. The van der Waals surface area contributed by atoms with Crippen LogP contribution in [-0.4, -0.2) is 4.75 Å². The van der Waals surface area contributed by atoms with Crippen molar-refractivity contribution < 1.29 is 0 Å². The van der Waals surface area contributed by atoms with Crippen molar-refractivity contribution in [3.63, 3.8) is 0 Å². The molecule has 0 spiro atoms. The third-order valence-electron chi connectivity index (χ3n) is 1.77. The third kappa shape index (κ3) is 3.81. The number of hydrogen-bond donors (Lipinski definition) is 1. The van der Waals surface area contributed by atoms with Crippen LogP contribution >= 0.6 is 23.4 Å². The van der Waals surface area contributed by atoms with Gasteiger partial charge in [0.2, 0.25) is 0 Å².